The van der Waals surface area contributed by atoms with Gasteiger partial charge >= 0.3 is 0 Å². The standard InChI is InChI=1S/C14H24N4/c1-2-8-15-13-10-14(18-11-17-13)16-9-7-12-5-3-4-6-12/h10-12H,2-9H2,1H3,(H2,15,16,17,18). The van der Waals surface area contributed by atoms with E-state index < -0.39 is 0 Å². The third-order valence-corrected chi connectivity index (χ3v) is 3.56. The van der Waals surface area contributed by atoms with E-state index in [-0.39, 0.29) is 0 Å². The SMILES string of the molecule is CCCNc1cc(NCCC2CCCC2)ncn1. The lowest BCUT2D eigenvalue weighted by Gasteiger charge is -2.11. The number of nitrogens with zero attached hydrogens (tertiary/aromatic N) is 2. The van der Waals surface area contributed by atoms with E-state index in [0.717, 1.165) is 37.1 Å². The van der Waals surface area contributed by atoms with Crippen molar-refractivity contribution in [2.45, 2.75) is 45.4 Å². The second-order valence-corrected chi connectivity index (χ2v) is 5.08. The number of hydrogen-bond acceptors (Lipinski definition) is 4. The first-order valence-corrected chi connectivity index (χ1v) is 7.18. The molecule has 2 N–H and O–H groups in total. The predicted molar refractivity (Wildman–Crippen MR) is 75.9 cm³/mol. The minimum atomic E-state index is 0.912. The summed E-state index contributed by atoms with van der Waals surface area (Å²) in [7, 11) is 0. The van der Waals surface area contributed by atoms with Crippen LogP contribution in [0.2, 0.25) is 0 Å². The van der Waals surface area contributed by atoms with Gasteiger partial charge in [0.1, 0.15) is 18.0 Å². The van der Waals surface area contributed by atoms with Crippen molar-refractivity contribution in [2.75, 3.05) is 23.7 Å². The van der Waals surface area contributed by atoms with Gasteiger partial charge in [-0.15, -0.1) is 0 Å². The molecule has 1 heterocycles. The van der Waals surface area contributed by atoms with E-state index in [1.807, 2.05) is 6.07 Å². The van der Waals surface area contributed by atoms with Crippen LogP contribution in [0.4, 0.5) is 11.6 Å². The van der Waals surface area contributed by atoms with Gasteiger partial charge in [-0.05, 0) is 18.8 Å². The van der Waals surface area contributed by atoms with Crippen LogP contribution >= 0.6 is 0 Å². The topological polar surface area (TPSA) is 49.8 Å². The molecule has 1 aromatic heterocycles. The van der Waals surface area contributed by atoms with Gasteiger partial charge in [0.2, 0.25) is 0 Å². The largest absolute Gasteiger partial charge is 0.370 e. The van der Waals surface area contributed by atoms with Crippen molar-refractivity contribution in [3.05, 3.63) is 12.4 Å². The van der Waals surface area contributed by atoms with Crippen LogP contribution in [0.25, 0.3) is 0 Å². The first-order chi connectivity index (χ1) is 8.88. The van der Waals surface area contributed by atoms with Gasteiger partial charge in [0.15, 0.2) is 0 Å². The molecule has 4 heteroatoms. The Morgan fingerprint density at radius 2 is 1.78 bits per heavy atom. The summed E-state index contributed by atoms with van der Waals surface area (Å²) in [5, 5.41) is 6.67. The molecule has 1 aliphatic carbocycles. The van der Waals surface area contributed by atoms with Crippen LogP contribution < -0.4 is 10.6 Å². The average Bonchev–Trinajstić information content (AvgIpc) is 2.90. The van der Waals surface area contributed by atoms with E-state index in [4.69, 9.17) is 0 Å². The maximum Gasteiger partial charge on any atom is 0.131 e. The Morgan fingerprint density at radius 3 is 2.44 bits per heavy atom. The molecule has 0 saturated heterocycles. The number of hydrogen-bond donors (Lipinski definition) is 2. The van der Waals surface area contributed by atoms with E-state index in [2.05, 4.69) is 27.5 Å². The molecule has 0 aliphatic heterocycles. The van der Waals surface area contributed by atoms with Gasteiger partial charge in [-0.3, -0.25) is 0 Å². The van der Waals surface area contributed by atoms with Crippen LogP contribution in [0.5, 0.6) is 0 Å². The Morgan fingerprint density at radius 1 is 1.11 bits per heavy atom. The van der Waals surface area contributed by atoms with Crippen molar-refractivity contribution >= 4 is 11.6 Å². The van der Waals surface area contributed by atoms with Crippen LogP contribution in [0.1, 0.15) is 45.4 Å². The molecule has 1 saturated carbocycles. The highest BCUT2D eigenvalue weighted by Crippen LogP contribution is 2.27. The predicted octanol–water partition coefficient (Wildman–Crippen LogP) is 3.29. The molecule has 1 aliphatic rings. The summed E-state index contributed by atoms with van der Waals surface area (Å²) < 4.78 is 0. The van der Waals surface area contributed by atoms with E-state index in [1.165, 1.54) is 32.1 Å². The zero-order valence-corrected chi connectivity index (χ0v) is 11.3. The molecule has 0 radical (unpaired) electrons. The van der Waals surface area contributed by atoms with Crippen LogP contribution in [-0.4, -0.2) is 23.1 Å². The molecule has 18 heavy (non-hydrogen) atoms. The zero-order valence-electron chi connectivity index (χ0n) is 11.3. The quantitative estimate of drug-likeness (QED) is 0.777. The van der Waals surface area contributed by atoms with E-state index in [0.29, 0.717) is 0 Å². The van der Waals surface area contributed by atoms with Gasteiger partial charge in [0.25, 0.3) is 0 Å². The van der Waals surface area contributed by atoms with Crippen molar-refractivity contribution in [2.24, 2.45) is 5.92 Å². The molecule has 1 aromatic rings. The number of nitrogens with one attached hydrogen (secondary N) is 2. The second kappa shape index (κ2) is 7.19. The molecule has 0 atom stereocenters. The van der Waals surface area contributed by atoms with Gasteiger partial charge in [-0.2, -0.15) is 0 Å². The molecule has 0 spiro atoms. The van der Waals surface area contributed by atoms with E-state index in [1.54, 1.807) is 6.33 Å². The summed E-state index contributed by atoms with van der Waals surface area (Å²) >= 11 is 0. The lowest BCUT2D eigenvalue weighted by atomic mass is 10.0. The lowest BCUT2D eigenvalue weighted by Crippen LogP contribution is -2.09. The number of anilines is 2. The molecular weight excluding hydrogens is 224 g/mol. The Labute approximate surface area is 110 Å². The van der Waals surface area contributed by atoms with Crippen LogP contribution in [0, 0.1) is 5.92 Å². The van der Waals surface area contributed by atoms with E-state index in [9.17, 15) is 0 Å². The van der Waals surface area contributed by atoms with Crippen LogP contribution in [0.3, 0.4) is 0 Å². The van der Waals surface area contributed by atoms with Gasteiger partial charge in [-0.25, -0.2) is 9.97 Å². The first-order valence-electron chi connectivity index (χ1n) is 7.18. The molecule has 4 nitrogen and oxygen atoms in total. The monoisotopic (exact) mass is 248 g/mol. The van der Waals surface area contributed by atoms with Crippen molar-refractivity contribution in [3.63, 3.8) is 0 Å². The minimum absolute atomic E-state index is 0.912. The maximum absolute atomic E-state index is 4.25. The van der Waals surface area contributed by atoms with Crippen molar-refractivity contribution in [1.82, 2.24) is 9.97 Å². The minimum Gasteiger partial charge on any atom is -0.370 e. The Bertz CT molecular complexity index is 347. The Balaban J connectivity index is 1.74. The summed E-state index contributed by atoms with van der Waals surface area (Å²) in [6.45, 7) is 4.13. The highest BCUT2D eigenvalue weighted by Gasteiger charge is 2.14. The molecule has 0 unspecified atom stereocenters. The van der Waals surface area contributed by atoms with Crippen LogP contribution in [0.15, 0.2) is 12.4 Å². The lowest BCUT2D eigenvalue weighted by molar-refractivity contribution is 0.518. The zero-order chi connectivity index (χ0) is 12.6. The van der Waals surface area contributed by atoms with Crippen molar-refractivity contribution in [3.8, 4) is 0 Å². The van der Waals surface area contributed by atoms with Crippen molar-refractivity contribution < 1.29 is 0 Å². The molecular formula is C14H24N4. The van der Waals surface area contributed by atoms with Gasteiger partial charge in [-0.1, -0.05) is 32.6 Å². The summed E-state index contributed by atoms with van der Waals surface area (Å²) in [5.41, 5.74) is 0. The summed E-state index contributed by atoms with van der Waals surface area (Å²) in [4.78, 5) is 8.45. The fourth-order valence-corrected chi connectivity index (χ4v) is 2.51. The molecule has 1 fully saturated rings. The third kappa shape index (κ3) is 4.17. The maximum atomic E-state index is 4.25. The summed E-state index contributed by atoms with van der Waals surface area (Å²) in [6, 6.07) is 1.99. The Hall–Kier alpha value is -1.32. The second-order valence-electron chi connectivity index (χ2n) is 5.08. The average molecular weight is 248 g/mol. The number of aromatic nitrogens is 2. The summed E-state index contributed by atoms with van der Waals surface area (Å²) in [5.74, 6) is 2.77. The smallest absolute Gasteiger partial charge is 0.131 e. The molecule has 0 amide bonds. The molecule has 2 rings (SSSR count). The number of rotatable bonds is 7. The third-order valence-electron chi connectivity index (χ3n) is 3.56. The molecule has 100 valence electrons. The normalized spacial score (nSPS) is 15.8. The first kappa shape index (κ1) is 13.1. The van der Waals surface area contributed by atoms with Crippen LogP contribution in [-0.2, 0) is 0 Å². The summed E-state index contributed by atoms with van der Waals surface area (Å²) in [6.07, 6.45) is 9.65. The van der Waals surface area contributed by atoms with Crippen molar-refractivity contribution in [1.29, 1.82) is 0 Å². The molecule has 0 bridgehead atoms. The highest BCUT2D eigenvalue weighted by molar-refractivity contribution is 5.46. The van der Waals surface area contributed by atoms with Gasteiger partial charge in [0, 0.05) is 19.2 Å². The fraction of sp³-hybridized carbons (Fsp3) is 0.714. The van der Waals surface area contributed by atoms with E-state index >= 15 is 0 Å². The fourth-order valence-electron chi connectivity index (χ4n) is 2.51. The molecule has 0 aromatic carbocycles. The Kier molecular flexibility index (Phi) is 5.24. The highest BCUT2D eigenvalue weighted by atomic mass is 15.1. The van der Waals surface area contributed by atoms with Gasteiger partial charge in [0.05, 0.1) is 0 Å². The van der Waals surface area contributed by atoms with Gasteiger partial charge < -0.3 is 10.6 Å².